The second-order valence-electron chi connectivity index (χ2n) is 5.14. The quantitative estimate of drug-likeness (QED) is 0.171. The Morgan fingerprint density at radius 1 is 0.875 bits per heavy atom. The highest BCUT2D eigenvalue weighted by molar-refractivity contribution is 5.64. The van der Waals surface area contributed by atoms with E-state index in [2.05, 4.69) is 15.3 Å². The van der Waals surface area contributed by atoms with Crippen molar-refractivity contribution in [3.05, 3.63) is 10.4 Å². The van der Waals surface area contributed by atoms with Crippen molar-refractivity contribution in [1.82, 2.24) is 5.32 Å². The van der Waals surface area contributed by atoms with Crippen LogP contribution < -0.4 is 5.32 Å². The average molecular weight is 346 g/mol. The maximum Gasteiger partial charge on any atom is 0.404 e. The van der Waals surface area contributed by atoms with Gasteiger partial charge in [-0.1, -0.05) is 11.5 Å². The van der Waals surface area contributed by atoms with Gasteiger partial charge in [0, 0.05) is 31.2 Å². The zero-order valence-electron chi connectivity index (χ0n) is 14.3. The largest absolute Gasteiger partial charge is 0.465 e. The lowest BCUT2D eigenvalue weighted by atomic mass is 10.2. The molecule has 0 aliphatic rings. The van der Waals surface area contributed by atoms with Gasteiger partial charge < -0.3 is 24.6 Å². The lowest BCUT2D eigenvalue weighted by Crippen LogP contribution is -2.21. The normalized spacial score (nSPS) is 10.3. The highest BCUT2D eigenvalue weighted by Gasteiger charge is 1.95. The summed E-state index contributed by atoms with van der Waals surface area (Å²) in [7, 11) is 0. The molecule has 0 saturated carbocycles. The fourth-order valence-electron chi connectivity index (χ4n) is 1.85. The third kappa shape index (κ3) is 20.5. The Morgan fingerprint density at radius 3 is 1.96 bits per heavy atom. The van der Waals surface area contributed by atoms with E-state index in [1.165, 1.54) is 0 Å². The molecule has 0 fully saturated rings. The van der Waals surface area contributed by atoms with E-state index < -0.39 is 6.09 Å². The van der Waals surface area contributed by atoms with Crippen LogP contribution in [0.4, 0.5) is 4.79 Å². The van der Waals surface area contributed by atoms with E-state index in [9.17, 15) is 4.79 Å². The first-order valence-corrected chi connectivity index (χ1v) is 8.48. The van der Waals surface area contributed by atoms with Crippen molar-refractivity contribution in [3.8, 4) is 0 Å². The topological polar surface area (TPSA) is 126 Å². The molecule has 0 aromatic heterocycles. The molecule has 2 N–H and O–H groups in total. The van der Waals surface area contributed by atoms with Crippen LogP contribution in [-0.4, -0.2) is 63.9 Å². The van der Waals surface area contributed by atoms with Crippen molar-refractivity contribution < 1.29 is 24.1 Å². The molecule has 1 amide bonds. The molecular weight excluding hydrogens is 316 g/mol. The van der Waals surface area contributed by atoms with Gasteiger partial charge in [0.1, 0.15) is 0 Å². The Labute approximate surface area is 143 Å². The zero-order valence-corrected chi connectivity index (χ0v) is 14.3. The second-order valence-corrected chi connectivity index (χ2v) is 5.14. The Balaban J connectivity index is 3.00. The molecule has 0 rings (SSSR count). The Bertz CT molecular complexity index is 320. The van der Waals surface area contributed by atoms with Gasteiger partial charge in [-0.05, 0) is 37.6 Å². The van der Waals surface area contributed by atoms with Crippen LogP contribution in [0.25, 0.3) is 10.4 Å². The van der Waals surface area contributed by atoms with Crippen LogP contribution in [0.5, 0.6) is 0 Å². The van der Waals surface area contributed by atoms with Gasteiger partial charge in [-0.15, -0.1) is 0 Å². The summed E-state index contributed by atoms with van der Waals surface area (Å²) < 4.78 is 16.2. The van der Waals surface area contributed by atoms with Gasteiger partial charge in [-0.3, -0.25) is 0 Å². The summed E-state index contributed by atoms with van der Waals surface area (Å²) in [5.74, 6) is 0. The van der Waals surface area contributed by atoms with Crippen LogP contribution in [0.1, 0.15) is 38.5 Å². The molecule has 0 aromatic rings. The summed E-state index contributed by atoms with van der Waals surface area (Å²) in [5.41, 5.74) is 8.11. The smallest absolute Gasteiger partial charge is 0.404 e. The van der Waals surface area contributed by atoms with Gasteiger partial charge in [0.25, 0.3) is 0 Å². The lowest BCUT2D eigenvalue weighted by molar-refractivity contribution is 0.0133. The molecule has 24 heavy (non-hydrogen) atoms. The molecule has 9 nitrogen and oxygen atoms in total. The van der Waals surface area contributed by atoms with Crippen LogP contribution >= 0.6 is 0 Å². The van der Waals surface area contributed by atoms with Crippen LogP contribution in [0.3, 0.4) is 0 Å². The van der Waals surface area contributed by atoms with Crippen molar-refractivity contribution in [3.63, 3.8) is 0 Å². The predicted octanol–water partition coefficient (Wildman–Crippen LogP) is 2.95. The molecule has 140 valence electrons. The second kappa shape index (κ2) is 19.5. The molecule has 0 saturated heterocycles. The standard InChI is InChI=1S/C15H30N4O5/c16-19-18-8-4-2-6-10-23-12-14-24-13-11-22-9-5-1-3-7-17-15(20)21/h17H,1-14H2,(H,20,21). The molecule has 0 aliphatic carbocycles. The minimum Gasteiger partial charge on any atom is -0.465 e. The van der Waals surface area contributed by atoms with E-state index in [0.717, 1.165) is 38.5 Å². The Morgan fingerprint density at radius 2 is 1.42 bits per heavy atom. The monoisotopic (exact) mass is 346 g/mol. The van der Waals surface area contributed by atoms with Crippen molar-refractivity contribution in [2.75, 3.05) is 52.7 Å². The van der Waals surface area contributed by atoms with Crippen molar-refractivity contribution in [1.29, 1.82) is 0 Å². The number of azide groups is 1. The van der Waals surface area contributed by atoms with Gasteiger partial charge >= 0.3 is 6.09 Å². The van der Waals surface area contributed by atoms with Crippen LogP contribution in [0, 0.1) is 0 Å². The van der Waals surface area contributed by atoms with Gasteiger partial charge in [0.05, 0.1) is 26.4 Å². The summed E-state index contributed by atoms with van der Waals surface area (Å²) >= 11 is 0. The molecule has 0 bridgehead atoms. The maximum absolute atomic E-state index is 10.2. The number of unbranched alkanes of at least 4 members (excludes halogenated alkanes) is 4. The summed E-state index contributed by atoms with van der Waals surface area (Å²) in [6.07, 6.45) is 4.58. The van der Waals surface area contributed by atoms with Crippen LogP contribution in [0.15, 0.2) is 5.11 Å². The molecule has 9 heteroatoms. The first-order chi connectivity index (χ1) is 11.8. The molecule has 0 heterocycles. The first-order valence-electron chi connectivity index (χ1n) is 8.48. The summed E-state index contributed by atoms with van der Waals surface area (Å²) in [5, 5.41) is 14.2. The van der Waals surface area contributed by atoms with E-state index in [4.69, 9.17) is 24.8 Å². The number of ether oxygens (including phenoxy) is 3. The summed E-state index contributed by atoms with van der Waals surface area (Å²) in [6, 6.07) is 0. The van der Waals surface area contributed by atoms with Crippen LogP contribution in [0.2, 0.25) is 0 Å². The number of hydrogen-bond acceptors (Lipinski definition) is 5. The Kier molecular flexibility index (Phi) is 18.3. The zero-order chi connectivity index (χ0) is 17.7. The minimum atomic E-state index is -0.974. The number of nitrogens with one attached hydrogen (secondary N) is 1. The summed E-state index contributed by atoms with van der Waals surface area (Å²) in [4.78, 5) is 12.9. The molecule has 0 aliphatic heterocycles. The van der Waals surface area contributed by atoms with Gasteiger partial charge in [-0.2, -0.15) is 0 Å². The lowest BCUT2D eigenvalue weighted by Gasteiger charge is -2.07. The number of carbonyl (C=O) groups is 1. The molecule has 0 spiro atoms. The van der Waals surface area contributed by atoms with Crippen molar-refractivity contribution >= 4 is 6.09 Å². The number of amides is 1. The van der Waals surface area contributed by atoms with Gasteiger partial charge in [0.2, 0.25) is 0 Å². The number of nitrogens with zero attached hydrogens (tertiary/aromatic N) is 3. The highest BCUT2D eigenvalue weighted by Crippen LogP contribution is 1.97. The number of hydrogen-bond donors (Lipinski definition) is 2. The van der Waals surface area contributed by atoms with Gasteiger partial charge in [0.15, 0.2) is 0 Å². The molecular formula is C15H30N4O5. The van der Waals surface area contributed by atoms with E-state index in [1.54, 1.807) is 0 Å². The average Bonchev–Trinajstić information content (AvgIpc) is 2.56. The maximum atomic E-state index is 10.2. The fourth-order valence-corrected chi connectivity index (χ4v) is 1.85. The molecule has 0 aromatic carbocycles. The van der Waals surface area contributed by atoms with Crippen molar-refractivity contribution in [2.45, 2.75) is 38.5 Å². The SMILES string of the molecule is [N-]=[N+]=NCCCCCOCCOCCOCCCCCNC(=O)O. The third-order valence-electron chi connectivity index (χ3n) is 3.10. The predicted molar refractivity (Wildman–Crippen MR) is 90.2 cm³/mol. The minimum absolute atomic E-state index is 0.492. The van der Waals surface area contributed by atoms with Crippen LogP contribution in [-0.2, 0) is 14.2 Å². The van der Waals surface area contributed by atoms with E-state index in [1.807, 2.05) is 0 Å². The fraction of sp³-hybridized carbons (Fsp3) is 0.933. The van der Waals surface area contributed by atoms with E-state index in [0.29, 0.717) is 52.7 Å². The highest BCUT2D eigenvalue weighted by atomic mass is 16.5. The molecule has 0 atom stereocenters. The summed E-state index contributed by atoms with van der Waals surface area (Å²) in [6.45, 7) is 4.67. The Hall–Kier alpha value is -1.54. The molecule has 0 radical (unpaired) electrons. The van der Waals surface area contributed by atoms with E-state index in [-0.39, 0.29) is 0 Å². The van der Waals surface area contributed by atoms with E-state index >= 15 is 0 Å². The molecule has 0 unspecified atom stereocenters. The van der Waals surface area contributed by atoms with Crippen molar-refractivity contribution in [2.24, 2.45) is 5.11 Å². The number of carboxylic acid groups (broad SMARTS) is 1. The third-order valence-corrected chi connectivity index (χ3v) is 3.10. The van der Waals surface area contributed by atoms with Gasteiger partial charge in [-0.25, -0.2) is 4.79 Å². The first kappa shape index (κ1) is 22.5. The number of rotatable bonds is 18.